The molecule has 1 aromatic carbocycles. The number of amides is 1. The molecule has 1 aliphatic heterocycles. The van der Waals surface area contributed by atoms with Crippen LogP contribution in [-0.2, 0) is 0 Å². The van der Waals surface area contributed by atoms with E-state index in [0.717, 1.165) is 4.90 Å². The number of likely N-dealkylation sites (tertiary alicyclic amines) is 1. The van der Waals surface area contributed by atoms with Gasteiger partial charge in [0.05, 0.1) is 11.7 Å². The van der Waals surface area contributed by atoms with E-state index in [9.17, 15) is 18.0 Å². The minimum absolute atomic E-state index is 0.132. The number of nitrogens with zero attached hydrogens (tertiary/aromatic N) is 4. The van der Waals surface area contributed by atoms with Gasteiger partial charge in [-0.3, -0.25) is 4.79 Å². The van der Waals surface area contributed by atoms with Crippen LogP contribution in [0.25, 0.3) is 5.69 Å². The molecule has 0 saturated carbocycles. The molecular formula is C14H13F3N4O. The van der Waals surface area contributed by atoms with Crippen molar-refractivity contribution in [3.8, 4) is 5.69 Å². The highest BCUT2D eigenvalue weighted by molar-refractivity contribution is 5.91. The maximum atomic E-state index is 12.9. The minimum atomic E-state index is -2.57. The lowest BCUT2D eigenvalue weighted by Gasteiger charge is -2.39. The van der Waals surface area contributed by atoms with Crippen LogP contribution in [0.2, 0.25) is 0 Å². The van der Waals surface area contributed by atoms with Gasteiger partial charge in [-0.05, 0) is 37.6 Å². The molecule has 0 bridgehead atoms. The first kappa shape index (κ1) is 14.6. The Bertz CT molecular complexity index is 699. The van der Waals surface area contributed by atoms with Crippen LogP contribution < -0.4 is 0 Å². The Kier molecular flexibility index (Phi) is 3.59. The molecule has 2 heterocycles. The zero-order valence-corrected chi connectivity index (χ0v) is 11.7. The molecule has 1 fully saturated rings. The molecule has 116 valence electrons. The molecule has 1 saturated heterocycles. The molecule has 0 spiro atoms. The van der Waals surface area contributed by atoms with E-state index in [1.807, 2.05) is 0 Å². The van der Waals surface area contributed by atoms with Crippen molar-refractivity contribution in [2.24, 2.45) is 0 Å². The highest BCUT2D eigenvalue weighted by Gasteiger charge is 2.40. The van der Waals surface area contributed by atoms with Crippen molar-refractivity contribution in [2.45, 2.75) is 25.8 Å². The summed E-state index contributed by atoms with van der Waals surface area (Å²) in [4.78, 5) is 17.3. The summed E-state index contributed by atoms with van der Waals surface area (Å²) in [6.07, 6.45) is -2.29. The number of alkyl halides is 2. The summed E-state index contributed by atoms with van der Waals surface area (Å²) in [5.41, 5.74) is 0.541. The van der Waals surface area contributed by atoms with Crippen LogP contribution in [0.4, 0.5) is 13.2 Å². The van der Waals surface area contributed by atoms with E-state index in [1.165, 1.54) is 28.9 Å². The van der Waals surface area contributed by atoms with Gasteiger partial charge in [0.25, 0.3) is 12.3 Å². The molecule has 1 amide bonds. The summed E-state index contributed by atoms with van der Waals surface area (Å²) in [6.45, 7) is 1.91. The third kappa shape index (κ3) is 2.44. The Morgan fingerprint density at radius 1 is 1.32 bits per heavy atom. The van der Waals surface area contributed by atoms with Gasteiger partial charge < -0.3 is 4.90 Å². The Balaban J connectivity index is 1.86. The Morgan fingerprint density at radius 2 is 2.00 bits per heavy atom. The Labute approximate surface area is 124 Å². The van der Waals surface area contributed by atoms with Crippen molar-refractivity contribution in [1.29, 1.82) is 0 Å². The third-order valence-corrected chi connectivity index (χ3v) is 3.65. The topological polar surface area (TPSA) is 51.0 Å². The van der Waals surface area contributed by atoms with E-state index in [0.29, 0.717) is 11.5 Å². The number of halogens is 3. The lowest BCUT2D eigenvalue weighted by Crippen LogP contribution is -2.54. The Hall–Kier alpha value is -2.38. The second-order valence-electron chi connectivity index (χ2n) is 5.06. The number of carbonyl (C=O) groups excluding carboxylic acids is 1. The van der Waals surface area contributed by atoms with Crippen LogP contribution in [0.15, 0.2) is 24.3 Å². The van der Waals surface area contributed by atoms with E-state index in [1.54, 1.807) is 6.92 Å². The predicted molar refractivity (Wildman–Crippen MR) is 71.5 cm³/mol. The van der Waals surface area contributed by atoms with Crippen LogP contribution in [0.1, 0.15) is 22.9 Å². The lowest BCUT2D eigenvalue weighted by molar-refractivity contribution is -0.0225. The standard InChI is InChI=1S/C14H13F3N4O/c1-8-18-13(14(22)20-7-6-11(20)12(16)17)19-21(8)10-4-2-9(15)3-5-10/h2-5,11-12H,6-7H2,1H3. The first-order chi connectivity index (χ1) is 10.5. The van der Waals surface area contributed by atoms with Crippen LogP contribution in [0.3, 0.4) is 0 Å². The molecule has 1 atom stereocenters. The third-order valence-electron chi connectivity index (χ3n) is 3.65. The molecule has 1 aromatic heterocycles. The second kappa shape index (κ2) is 5.43. The smallest absolute Gasteiger partial charge is 0.293 e. The molecule has 1 unspecified atom stereocenters. The molecule has 2 aromatic rings. The number of aromatic nitrogens is 3. The van der Waals surface area contributed by atoms with Gasteiger partial charge in [0.2, 0.25) is 5.82 Å². The number of hydrogen-bond acceptors (Lipinski definition) is 3. The molecule has 5 nitrogen and oxygen atoms in total. The summed E-state index contributed by atoms with van der Waals surface area (Å²) >= 11 is 0. The number of aryl methyl sites for hydroxylation is 1. The highest BCUT2D eigenvalue weighted by Crippen LogP contribution is 2.25. The fourth-order valence-electron chi connectivity index (χ4n) is 2.36. The first-order valence-corrected chi connectivity index (χ1v) is 6.76. The number of carbonyl (C=O) groups is 1. The van der Waals surface area contributed by atoms with Gasteiger partial charge in [0.1, 0.15) is 11.6 Å². The van der Waals surface area contributed by atoms with Crippen molar-refractivity contribution in [2.75, 3.05) is 6.54 Å². The molecule has 0 radical (unpaired) electrons. The van der Waals surface area contributed by atoms with Gasteiger partial charge in [-0.25, -0.2) is 22.8 Å². The highest BCUT2D eigenvalue weighted by atomic mass is 19.3. The monoisotopic (exact) mass is 310 g/mol. The molecule has 3 rings (SSSR count). The van der Waals surface area contributed by atoms with Gasteiger partial charge in [-0.1, -0.05) is 0 Å². The summed E-state index contributed by atoms with van der Waals surface area (Å²) in [7, 11) is 0. The molecule has 22 heavy (non-hydrogen) atoms. The fraction of sp³-hybridized carbons (Fsp3) is 0.357. The molecule has 1 aliphatic rings. The maximum Gasteiger partial charge on any atom is 0.293 e. The van der Waals surface area contributed by atoms with Gasteiger partial charge in [0.15, 0.2) is 0 Å². The van der Waals surface area contributed by atoms with E-state index < -0.39 is 24.2 Å². The molecule has 8 heteroatoms. The van der Waals surface area contributed by atoms with Gasteiger partial charge in [0, 0.05) is 6.54 Å². The van der Waals surface area contributed by atoms with Gasteiger partial charge >= 0.3 is 0 Å². The SMILES string of the molecule is Cc1nc(C(=O)N2CCC2C(F)F)nn1-c1ccc(F)cc1. The van der Waals surface area contributed by atoms with Gasteiger partial charge in [-0.2, -0.15) is 0 Å². The van der Waals surface area contributed by atoms with Crippen molar-refractivity contribution >= 4 is 5.91 Å². The van der Waals surface area contributed by atoms with E-state index in [-0.39, 0.29) is 18.8 Å². The predicted octanol–water partition coefficient (Wildman–Crippen LogP) is 2.19. The average Bonchev–Trinajstić information content (AvgIpc) is 2.80. The zero-order chi connectivity index (χ0) is 15.9. The van der Waals surface area contributed by atoms with Crippen LogP contribution >= 0.6 is 0 Å². The second-order valence-corrected chi connectivity index (χ2v) is 5.06. The van der Waals surface area contributed by atoms with Crippen molar-refractivity contribution < 1.29 is 18.0 Å². The lowest BCUT2D eigenvalue weighted by atomic mass is 10.0. The van der Waals surface area contributed by atoms with E-state index in [4.69, 9.17) is 0 Å². The minimum Gasteiger partial charge on any atom is -0.327 e. The first-order valence-electron chi connectivity index (χ1n) is 6.76. The van der Waals surface area contributed by atoms with Crippen LogP contribution in [-0.4, -0.2) is 44.6 Å². The normalized spacial score (nSPS) is 17.7. The largest absolute Gasteiger partial charge is 0.327 e. The fourth-order valence-corrected chi connectivity index (χ4v) is 2.36. The van der Waals surface area contributed by atoms with E-state index >= 15 is 0 Å². The van der Waals surface area contributed by atoms with Crippen molar-refractivity contribution in [3.05, 3.63) is 41.7 Å². The van der Waals surface area contributed by atoms with Crippen molar-refractivity contribution in [1.82, 2.24) is 19.7 Å². The van der Waals surface area contributed by atoms with Crippen LogP contribution in [0.5, 0.6) is 0 Å². The van der Waals surface area contributed by atoms with Crippen LogP contribution in [0, 0.1) is 12.7 Å². The van der Waals surface area contributed by atoms with E-state index in [2.05, 4.69) is 10.1 Å². The maximum absolute atomic E-state index is 12.9. The number of benzene rings is 1. The average molecular weight is 310 g/mol. The molecular weight excluding hydrogens is 297 g/mol. The summed E-state index contributed by atoms with van der Waals surface area (Å²) in [5, 5.41) is 4.05. The van der Waals surface area contributed by atoms with Gasteiger partial charge in [-0.15, -0.1) is 5.10 Å². The van der Waals surface area contributed by atoms with Crippen molar-refractivity contribution in [3.63, 3.8) is 0 Å². The zero-order valence-electron chi connectivity index (χ0n) is 11.7. The number of rotatable bonds is 3. The quantitative estimate of drug-likeness (QED) is 0.873. The summed E-state index contributed by atoms with van der Waals surface area (Å²) in [6, 6.07) is 4.46. The summed E-state index contributed by atoms with van der Waals surface area (Å²) in [5.74, 6) is -0.713. The Morgan fingerprint density at radius 3 is 2.55 bits per heavy atom. The number of hydrogen-bond donors (Lipinski definition) is 0. The summed E-state index contributed by atoms with van der Waals surface area (Å²) < 4.78 is 39.8. The molecule has 0 N–H and O–H groups in total. The molecule has 0 aliphatic carbocycles.